The summed E-state index contributed by atoms with van der Waals surface area (Å²) in [6, 6.07) is 17.2. The molecule has 3 heteroatoms. The van der Waals surface area contributed by atoms with E-state index in [9.17, 15) is 4.79 Å². The van der Waals surface area contributed by atoms with Gasteiger partial charge in [-0.25, -0.2) is 0 Å². The third-order valence-electron chi connectivity index (χ3n) is 3.29. The van der Waals surface area contributed by atoms with Crippen molar-refractivity contribution in [3.05, 3.63) is 65.7 Å². The molecule has 0 N–H and O–H groups in total. The minimum atomic E-state index is -0.570. The minimum absolute atomic E-state index is 0.0302. The van der Waals surface area contributed by atoms with Crippen LogP contribution in [-0.4, -0.2) is 11.7 Å². The first-order valence-corrected chi connectivity index (χ1v) is 7.44. The summed E-state index contributed by atoms with van der Waals surface area (Å²) in [7, 11) is 0. The Balaban J connectivity index is 2.09. The number of alkyl halides is 1. The van der Waals surface area contributed by atoms with Gasteiger partial charge in [-0.2, -0.15) is 0 Å². The van der Waals surface area contributed by atoms with Gasteiger partial charge in [0.1, 0.15) is 12.4 Å². The maximum Gasteiger partial charge on any atom is 0.169 e. The highest BCUT2D eigenvalue weighted by Gasteiger charge is 2.27. The molecule has 21 heavy (non-hydrogen) atoms. The summed E-state index contributed by atoms with van der Waals surface area (Å²) >= 11 is 5.87. The Morgan fingerprint density at radius 2 is 1.81 bits per heavy atom. The van der Waals surface area contributed by atoms with Crippen molar-refractivity contribution >= 4 is 17.4 Å². The molecule has 0 fully saturated rings. The van der Waals surface area contributed by atoms with Crippen molar-refractivity contribution in [2.24, 2.45) is 5.41 Å². The Hall–Kier alpha value is -1.80. The second kappa shape index (κ2) is 6.77. The van der Waals surface area contributed by atoms with Crippen LogP contribution in [0.15, 0.2) is 54.6 Å². The Bertz CT molecular complexity index is 606. The molecular weight excluding hydrogens is 284 g/mol. The molecule has 0 aliphatic carbocycles. The average molecular weight is 303 g/mol. The summed E-state index contributed by atoms with van der Waals surface area (Å²) in [6.07, 6.45) is 0. The number of ketones is 1. The van der Waals surface area contributed by atoms with Crippen molar-refractivity contribution in [1.82, 2.24) is 0 Å². The number of hydrogen-bond donors (Lipinski definition) is 0. The molecule has 0 spiro atoms. The number of carbonyl (C=O) groups is 1. The molecule has 2 aromatic rings. The van der Waals surface area contributed by atoms with E-state index in [1.54, 1.807) is 12.1 Å². The van der Waals surface area contributed by atoms with Crippen LogP contribution in [0.1, 0.15) is 29.8 Å². The lowest BCUT2D eigenvalue weighted by atomic mass is 9.86. The Kier molecular flexibility index (Phi) is 5.03. The lowest BCUT2D eigenvalue weighted by Crippen LogP contribution is -2.26. The fourth-order valence-corrected chi connectivity index (χ4v) is 2.04. The quantitative estimate of drug-likeness (QED) is 0.570. The molecule has 0 aliphatic heterocycles. The van der Waals surface area contributed by atoms with E-state index in [0.29, 0.717) is 23.8 Å². The zero-order valence-corrected chi connectivity index (χ0v) is 13.1. The molecule has 0 saturated carbocycles. The van der Waals surface area contributed by atoms with E-state index in [1.165, 1.54) is 0 Å². The zero-order chi connectivity index (χ0) is 15.3. The van der Waals surface area contributed by atoms with E-state index < -0.39 is 5.41 Å². The lowest BCUT2D eigenvalue weighted by molar-refractivity contribution is 0.0861. The van der Waals surface area contributed by atoms with Crippen molar-refractivity contribution in [3.63, 3.8) is 0 Å². The molecule has 0 aromatic heterocycles. The molecule has 110 valence electrons. The largest absolute Gasteiger partial charge is 0.489 e. The van der Waals surface area contributed by atoms with Gasteiger partial charge in [-0.15, -0.1) is 11.6 Å². The number of hydrogen-bond acceptors (Lipinski definition) is 2. The number of rotatable bonds is 6. The minimum Gasteiger partial charge on any atom is -0.489 e. The van der Waals surface area contributed by atoms with E-state index in [4.69, 9.17) is 16.3 Å². The fraction of sp³-hybridized carbons (Fsp3) is 0.278. The summed E-state index contributed by atoms with van der Waals surface area (Å²) in [6.45, 7) is 4.18. The van der Waals surface area contributed by atoms with Gasteiger partial charge in [0.15, 0.2) is 5.78 Å². The number of ether oxygens (including phenoxy) is 1. The smallest absolute Gasteiger partial charge is 0.169 e. The molecule has 0 aliphatic rings. The summed E-state index contributed by atoms with van der Waals surface area (Å²) in [5.41, 5.74) is 1.15. The van der Waals surface area contributed by atoms with Gasteiger partial charge in [-0.05, 0) is 17.7 Å². The van der Waals surface area contributed by atoms with Gasteiger partial charge in [0.05, 0.1) is 0 Å². The van der Waals surface area contributed by atoms with Gasteiger partial charge in [-0.1, -0.05) is 56.3 Å². The molecule has 0 saturated heterocycles. The van der Waals surface area contributed by atoms with E-state index in [1.807, 2.05) is 56.3 Å². The van der Waals surface area contributed by atoms with Crippen LogP contribution < -0.4 is 4.74 Å². The van der Waals surface area contributed by atoms with Gasteiger partial charge in [0.2, 0.25) is 0 Å². The predicted octanol–water partition coefficient (Wildman–Crippen LogP) is 4.71. The van der Waals surface area contributed by atoms with Gasteiger partial charge >= 0.3 is 0 Å². The highest BCUT2D eigenvalue weighted by Crippen LogP contribution is 2.25. The van der Waals surface area contributed by atoms with E-state index in [-0.39, 0.29) is 5.78 Å². The standard InChI is InChI=1S/C18H19ClO2/c1-18(2,13-19)17(20)15-9-6-10-16(11-15)21-12-14-7-4-3-5-8-14/h3-11H,12-13H2,1-2H3. The third-order valence-corrected chi connectivity index (χ3v) is 3.96. The van der Waals surface area contributed by atoms with Gasteiger partial charge in [-0.3, -0.25) is 4.79 Å². The SMILES string of the molecule is CC(C)(CCl)C(=O)c1cccc(OCc2ccccc2)c1. The lowest BCUT2D eigenvalue weighted by Gasteiger charge is -2.20. The third kappa shape index (κ3) is 4.08. The van der Waals surface area contributed by atoms with E-state index >= 15 is 0 Å². The van der Waals surface area contributed by atoms with Gasteiger partial charge in [0, 0.05) is 16.9 Å². The van der Waals surface area contributed by atoms with E-state index in [0.717, 1.165) is 5.56 Å². The first-order chi connectivity index (χ1) is 10.0. The summed E-state index contributed by atoms with van der Waals surface area (Å²) in [5, 5.41) is 0. The predicted molar refractivity (Wildman–Crippen MR) is 86.0 cm³/mol. The maximum absolute atomic E-state index is 12.4. The molecule has 0 unspecified atom stereocenters. The number of carbonyl (C=O) groups excluding carboxylic acids is 1. The maximum atomic E-state index is 12.4. The second-order valence-electron chi connectivity index (χ2n) is 5.65. The average Bonchev–Trinajstić information content (AvgIpc) is 2.53. The van der Waals surface area contributed by atoms with Crippen molar-refractivity contribution < 1.29 is 9.53 Å². The van der Waals surface area contributed by atoms with Crippen LogP contribution in [0.3, 0.4) is 0 Å². The van der Waals surface area contributed by atoms with Crippen molar-refractivity contribution in [2.75, 3.05) is 5.88 Å². The normalized spacial score (nSPS) is 11.2. The van der Waals surface area contributed by atoms with Crippen LogP contribution >= 0.6 is 11.6 Å². The molecule has 0 heterocycles. The van der Waals surface area contributed by atoms with Crippen molar-refractivity contribution in [3.8, 4) is 5.75 Å². The summed E-state index contributed by atoms with van der Waals surface area (Å²) in [4.78, 5) is 12.4. The molecular formula is C18H19ClO2. The number of Topliss-reactive ketones (excluding diaryl/α,β-unsaturated/α-hetero) is 1. The molecule has 2 nitrogen and oxygen atoms in total. The summed E-state index contributed by atoms with van der Waals surface area (Å²) < 4.78 is 5.74. The topological polar surface area (TPSA) is 26.3 Å². The first kappa shape index (κ1) is 15.6. The second-order valence-corrected chi connectivity index (χ2v) is 5.92. The van der Waals surface area contributed by atoms with Crippen LogP contribution in [0.25, 0.3) is 0 Å². The molecule has 2 rings (SSSR count). The Morgan fingerprint density at radius 1 is 1.10 bits per heavy atom. The molecule has 0 atom stereocenters. The monoisotopic (exact) mass is 302 g/mol. The van der Waals surface area contributed by atoms with Crippen LogP contribution in [0.2, 0.25) is 0 Å². The van der Waals surface area contributed by atoms with Crippen LogP contribution in [0.4, 0.5) is 0 Å². The van der Waals surface area contributed by atoms with Crippen molar-refractivity contribution in [1.29, 1.82) is 0 Å². The number of halogens is 1. The molecule has 0 radical (unpaired) electrons. The fourth-order valence-electron chi connectivity index (χ4n) is 1.92. The number of benzene rings is 2. The van der Waals surface area contributed by atoms with Crippen LogP contribution in [0, 0.1) is 5.41 Å². The molecule has 0 bridgehead atoms. The molecule has 0 amide bonds. The Labute approximate surface area is 130 Å². The highest BCUT2D eigenvalue weighted by atomic mass is 35.5. The van der Waals surface area contributed by atoms with Gasteiger partial charge < -0.3 is 4.74 Å². The zero-order valence-electron chi connectivity index (χ0n) is 12.3. The Morgan fingerprint density at radius 3 is 2.48 bits per heavy atom. The van der Waals surface area contributed by atoms with Crippen molar-refractivity contribution in [2.45, 2.75) is 20.5 Å². The van der Waals surface area contributed by atoms with Crippen LogP contribution in [-0.2, 0) is 6.61 Å². The highest BCUT2D eigenvalue weighted by molar-refractivity contribution is 6.21. The summed E-state index contributed by atoms with van der Waals surface area (Å²) in [5.74, 6) is 1.01. The van der Waals surface area contributed by atoms with E-state index in [2.05, 4.69) is 0 Å². The molecule has 2 aromatic carbocycles. The first-order valence-electron chi connectivity index (χ1n) is 6.90. The van der Waals surface area contributed by atoms with Crippen LogP contribution in [0.5, 0.6) is 5.75 Å². The van der Waals surface area contributed by atoms with Gasteiger partial charge in [0.25, 0.3) is 0 Å².